The van der Waals surface area contributed by atoms with E-state index in [4.69, 9.17) is 4.74 Å². The van der Waals surface area contributed by atoms with Gasteiger partial charge in [0.1, 0.15) is 0 Å². The van der Waals surface area contributed by atoms with Crippen LogP contribution in [0.25, 0.3) is 0 Å². The molecule has 1 aliphatic heterocycles. The van der Waals surface area contributed by atoms with Crippen molar-refractivity contribution in [1.29, 1.82) is 0 Å². The second-order valence-electron chi connectivity index (χ2n) is 8.04. The molecule has 1 atom stereocenters. The third-order valence-electron chi connectivity index (χ3n) is 5.40. The summed E-state index contributed by atoms with van der Waals surface area (Å²) in [4.78, 5) is 25.8. The maximum atomic E-state index is 13.1. The number of rotatable bonds is 6. The third-order valence-corrected chi connectivity index (χ3v) is 5.40. The van der Waals surface area contributed by atoms with Gasteiger partial charge in [0.2, 0.25) is 12.3 Å². The van der Waals surface area contributed by atoms with E-state index in [1.54, 1.807) is 35.8 Å². The molecule has 0 bridgehead atoms. The van der Waals surface area contributed by atoms with Gasteiger partial charge in [-0.1, -0.05) is 66.7 Å². The predicted molar refractivity (Wildman–Crippen MR) is 127 cm³/mol. The molecular weight excluding hydrogens is 609 g/mol. The molecule has 0 N–H and O–H groups in total. The van der Waals surface area contributed by atoms with E-state index in [1.807, 2.05) is 91.5 Å². The van der Waals surface area contributed by atoms with Crippen LogP contribution < -0.4 is 0 Å². The Morgan fingerprint density at radius 1 is 0.941 bits per heavy atom. The van der Waals surface area contributed by atoms with Crippen molar-refractivity contribution in [2.75, 3.05) is 0 Å². The molecule has 0 aliphatic carbocycles. The molecule has 5 nitrogen and oxygen atoms in total. The van der Waals surface area contributed by atoms with Gasteiger partial charge in [-0.3, -0.25) is 4.79 Å². The van der Waals surface area contributed by atoms with Gasteiger partial charge in [-0.15, -0.1) is 18.5 Å². The Morgan fingerprint density at radius 2 is 1.50 bits per heavy atom. The Balaban J connectivity index is 0.00000324. The molecule has 3 aromatic carbocycles. The van der Waals surface area contributed by atoms with E-state index in [1.165, 1.54) is 0 Å². The number of hydrogen-bond donors (Lipinski definition) is 0. The number of esters is 1. The van der Waals surface area contributed by atoms with Crippen molar-refractivity contribution in [2.45, 2.75) is 26.3 Å². The molecule has 0 aromatic heterocycles. The molecule has 1 aliphatic rings. The minimum atomic E-state index is -0.465. The van der Waals surface area contributed by atoms with Crippen LogP contribution in [0.5, 0.6) is 0 Å². The van der Waals surface area contributed by atoms with Gasteiger partial charge in [0.25, 0.3) is 5.91 Å². The molecule has 0 spiro atoms. The van der Waals surface area contributed by atoms with Gasteiger partial charge in [0.05, 0.1) is 12.0 Å². The largest absolute Gasteiger partial charge is 1.00 e. The van der Waals surface area contributed by atoms with Crippen molar-refractivity contribution in [3.05, 3.63) is 126 Å². The van der Waals surface area contributed by atoms with E-state index in [0.717, 1.165) is 16.7 Å². The summed E-state index contributed by atoms with van der Waals surface area (Å²) in [5, 5.41) is 1.55. The Bertz CT molecular complexity index is 1190. The van der Waals surface area contributed by atoms with Gasteiger partial charge < -0.3 is 4.74 Å². The van der Waals surface area contributed by atoms with Gasteiger partial charge in [-0.2, -0.15) is 10.6 Å². The average molecular weight is 635 g/mol. The van der Waals surface area contributed by atoms with Crippen LogP contribution in [0.2, 0.25) is 0 Å². The number of hydrazone groups is 1. The second-order valence-corrected chi connectivity index (χ2v) is 8.04. The Morgan fingerprint density at radius 3 is 2.09 bits per heavy atom. The minimum absolute atomic E-state index is 0. The van der Waals surface area contributed by atoms with Crippen molar-refractivity contribution >= 4 is 18.1 Å². The summed E-state index contributed by atoms with van der Waals surface area (Å²) < 4.78 is 7.61. The van der Waals surface area contributed by atoms with Crippen LogP contribution in [0.15, 0.2) is 102 Å². The molecule has 34 heavy (non-hydrogen) atoms. The summed E-state index contributed by atoms with van der Waals surface area (Å²) in [5.74, 6) is -0.198. The number of nitrogens with zero attached hydrogens (tertiary/aromatic N) is 2. The normalized spacial score (nSPS) is 16.1. The average Bonchev–Trinajstić information content (AvgIpc) is 3.15. The molecule has 4 rings (SSSR count). The fourth-order valence-electron chi connectivity index (χ4n) is 3.66. The van der Waals surface area contributed by atoms with Crippen LogP contribution in [-0.4, -0.2) is 27.8 Å². The van der Waals surface area contributed by atoms with Crippen LogP contribution in [-0.2, 0) is 31.9 Å². The standard InChI is InChI=1S/C28H26N2O3.Au/c1-21(2)26(33-28(32)24-16-10-5-11-17-24)20-30-27(31)18-25(23-14-8-4-9-15-23)29(30)19-22-12-6-3-7-13-22;/h3-17,19-20,25H,18H2,1-2H3;/q;+1/b29-19-;/t25-;/m1./s1. The molecule has 0 unspecified atom stereocenters. The number of amides is 1. The van der Waals surface area contributed by atoms with Crippen molar-refractivity contribution in [1.82, 2.24) is 5.01 Å². The molecule has 1 heterocycles. The Labute approximate surface area is 215 Å². The number of hydrazine groups is 1. The Hall–Kier alpha value is -3.38. The SMILES string of the molecule is CC(C)=C([CH-]N1C(=O)C[C@H](c2ccccc2)/[N+]1=C/c1ccccc1)OC(=O)c1ccccc1.[Au+]. The van der Waals surface area contributed by atoms with Gasteiger partial charge in [-0.25, -0.2) is 4.79 Å². The summed E-state index contributed by atoms with van der Waals surface area (Å²) in [5.41, 5.74) is 3.24. The molecule has 0 saturated carbocycles. The van der Waals surface area contributed by atoms with Crippen LogP contribution in [0.4, 0.5) is 0 Å². The smallest absolute Gasteiger partial charge is 0.460 e. The molecule has 0 radical (unpaired) electrons. The van der Waals surface area contributed by atoms with E-state index in [-0.39, 0.29) is 34.3 Å². The molecule has 176 valence electrons. The van der Waals surface area contributed by atoms with Crippen molar-refractivity contribution in [2.24, 2.45) is 0 Å². The van der Waals surface area contributed by atoms with Crippen molar-refractivity contribution in [3.63, 3.8) is 0 Å². The molecule has 1 amide bonds. The van der Waals surface area contributed by atoms with Crippen molar-refractivity contribution in [3.8, 4) is 0 Å². The van der Waals surface area contributed by atoms with E-state index < -0.39 is 5.97 Å². The van der Waals surface area contributed by atoms with Crippen LogP contribution in [0.3, 0.4) is 0 Å². The topological polar surface area (TPSA) is 49.6 Å². The number of allylic oxidation sites excluding steroid dienone is 1. The molecular formula is C28H26AuN2O3+. The second kappa shape index (κ2) is 11.7. The zero-order valence-electron chi connectivity index (χ0n) is 19.0. The zero-order valence-corrected chi connectivity index (χ0v) is 21.2. The van der Waals surface area contributed by atoms with Crippen LogP contribution in [0, 0.1) is 6.54 Å². The van der Waals surface area contributed by atoms with Gasteiger partial charge in [0, 0.05) is 11.1 Å². The van der Waals surface area contributed by atoms with Crippen molar-refractivity contribution < 1.29 is 41.4 Å². The number of hydrogen-bond acceptors (Lipinski definition) is 3. The monoisotopic (exact) mass is 635 g/mol. The first-order chi connectivity index (χ1) is 16.0. The summed E-state index contributed by atoms with van der Waals surface area (Å²) in [6.07, 6.45) is 2.26. The Kier molecular flexibility index (Phi) is 8.66. The first kappa shape index (κ1) is 25.2. The van der Waals surface area contributed by atoms with E-state index in [9.17, 15) is 9.59 Å². The fraction of sp³-hybridized carbons (Fsp3) is 0.143. The van der Waals surface area contributed by atoms with Crippen LogP contribution in [0.1, 0.15) is 47.8 Å². The molecule has 1 saturated heterocycles. The van der Waals surface area contributed by atoms with Crippen LogP contribution >= 0.6 is 0 Å². The molecule has 6 heteroatoms. The number of carbonyl (C=O) groups is 2. The first-order valence-electron chi connectivity index (χ1n) is 10.9. The molecule has 3 aromatic rings. The van der Waals surface area contributed by atoms with E-state index in [2.05, 4.69) is 0 Å². The molecule has 1 fully saturated rings. The zero-order chi connectivity index (χ0) is 23.2. The first-order valence-corrected chi connectivity index (χ1v) is 10.9. The summed E-state index contributed by atoms with van der Waals surface area (Å²) >= 11 is 0. The van der Waals surface area contributed by atoms with E-state index in [0.29, 0.717) is 17.7 Å². The van der Waals surface area contributed by atoms with Gasteiger partial charge in [0.15, 0.2) is 0 Å². The maximum absolute atomic E-state index is 13.1. The maximum Gasteiger partial charge on any atom is 1.00 e. The summed E-state index contributed by atoms with van der Waals surface area (Å²) in [6, 6.07) is 28.4. The number of ether oxygens (including phenoxy) is 1. The summed E-state index contributed by atoms with van der Waals surface area (Å²) in [7, 11) is 0. The predicted octanol–water partition coefficient (Wildman–Crippen LogP) is 5.32. The van der Waals surface area contributed by atoms with Gasteiger partial charge in [-0.05, 0) is 36.6 Å². The fourth-order valence-corrected chi connectivity index (χ4v) is 3.66. The quantitative estimate of drug-likeness (QED) is 0.121. The van der Waals surface area contributed by atoms with E-state index >= 15 is 0 Å². The summed E-state index contributed by atoms with van der Waals surface area (Å²) in [6.45, 7) is 5.32. The van der Waals surface area contributed by atoms with Gasteiger partial charge >= 0.3 is 28.3 Å². The number of carbonyl (C=O) groups excluding carboxylic acids is 2. The third kappa shape index (κ3) is 5.94. The minimum Gasteiger partial charge on any atom is -0.460 e. The number of benzene rings is 3.